The first kappa shape index (κ1) is 13.8. The standard InChI is InChI=1S/C19H22N2O/c1-20-10-12-21(13-11-20)14-17-15-6-2-4-8-18(15)22-19-9-5-3-7-16(17)19/h2-9,17H,10-14H2,1H3. The minimum absolute atomic E-state index is 0.407. The Balaban J connectivity index is 1.66. The van der Waals surface area contributed by atoms with Gasteiger partial charge in [-0.3, -0.25) is 4.90 Å². The van der Waals surface area contributed by atoms with Crippen molar-refractivity contribution >= 4 is 0 Å². The van der Waals surface area contributed by atoms with Crippen molar-refractivity contribution in [3.63, 3.8) is 0 Å². The molecule has 22 heavy (non-hydrogen) atoms. The topological polar surface area (TPSA) is 15.7 Å². The molecule has 0 unspecified atom stereocenters. The van der Waals surface area contributed by atoms with Crippen LogP contribution in [-0.2, 0) is 0 Å². The largest absolute Gasteiger partial charge is 0.457 e. The van der Waals surface area contributed by atoms with Crippen molar-refractivity contribution in [3.05, 3.63) is 59.7 Å². The SMILES string of the molecule is CN1CCN(CC2c3ccccc3Oc3ccccc32)CC1. The van der Waals surface area contributed by atoms with E-state index in [1.165, 1.54) is 11.1 Å². The lowest BCUT2D eigenvalue weighted by Gasteiger charge is -2.36. The fourth-order valence-corrected chi connectivity index (χ4v) is 3.49. The minimum atomic E-state index is 0.407. The third-order valence-corrected chi connectivity index (χ3v) is 4.85. The molecule has 114 valence electrons. The lowest BCUT2D eigenvalue weighted by Crippen LogP contribution is -2.46. The van der Waals surface area contributed by atoms with Crippen LogP contribution in [0.1, 0.15) is 17.0 Å². The molecule has 0 aliphatic carbocycles. The van der Waals surface area contributed by atoms with Crippen LogP contribution in [-0.4, -0.2) is 49.6 Å². The van der Waals surface area contributed by atoms with E-state index in [1.54, 1.807) is 0 Å². The summed E-state index contributed by atoms with van der Waals surface area (Å²) in [6, 6.07) is 16.9. The number of nitrogens with zero attached hydrogens (tertiary/aromatic N) is 2. The average molecular weight is 294 g/mol. The summed E-state index contributed by atoms with van der Waals surface area (Å²) in [5, 5.41) is 0. The summed E-state index contributed by atoms with van der Waals surface area (Å²) in [5.41, 5.74) is 2.64. The number of benzene rings is 2. The maximum absolute atomic E-state index is 6.09. The van der Waals surface area contributed by atoms with Gasteiger partial charge in [-0.2, -0.15) is 0 Å². The van der Waals surface area contributed by atoms with E-state index >= 15 is 0 Å². The molecule has 2 heterocycles. The summed E-state index contributed by atoms with van der Waals surface area (Å²) >= 11 is 0. The molecule has 1 fully saturated rings. The van der Waals surface area contributed by atoms with Crippen LogP contribution >= 0.6 is 0 Å². The van der Waals surface area contributed by atoms with E-state index in [4.69, 9.17) is 4.74 Å². The molecule has 0 atom stereocenters. The van der Waals surface area contributed by atoms with Crippen molar-refractivity contribution in [2.75, 3.05) is 39.8 Å². The number of hydrogen-bond donors (Lipinski definition) is 0. The molecule has 1 saturated heterocycles. The highest BCUT2D eigenvalue weighted by Gasteiger charge is 2.29. The Kier molecular flexibility index (Phi) is 3.60. The van der Waals surface area contributed by atoms with Gasteiger partial charge in [-0.05, 0) is 19.2 Å². The second-order valence-electron chi connectivity index (χ2n) is 6.33. The normalized spacial score (nSPS) is 19.3. The van der Waals surface area contributed by atoms with Crippen LogP contribution in [0, 0.1) is 0 Å². The number of hydrogen-bond acceptors (Lipinski definition) is 3. The van der Waals surface area contributed by atoms with E-state index in [0.717, 1.165) is 44.2 Å². The highest BCUT2D eigenvalue weighted by molar-refractivity contribution is 5.53. The molecule has 2 aromatic rings. The quantitative estimate of drug-likeness (QED) is 0.846. The summed E-state index contributed by atoms with van der Waals surface area (Å²) in [6.07, 6.45) is 0. The van der Waals surface area contributed by atoms with Crippen molar-refractivity contribution < 1.29 is 4.74 Å². The molecular formula is C19H22N2O. The molecule has 0 amide bonds. The summed E-state index contributed by atoms with van der Waals surface area (Å²) < 4.78 is 6.09. The van der Waals surface area contributed by atoms with Gasteiger partial charge in [0.15, 0.2) is 0 Å². The van der Waals surface area contributed by atoms with Gasteiger partial charge in [-0.1, -0.05) is 36.4 Å². The molecule has 2 aliphatic rings. The van der Waals surface area contributed by atoms with Gasteiger partial charge >= 0.3 is 0 Å². The average Bonchev–Trinajstić information content (AvgIpc) is 2.56. The van der Waals surface area contributed by atoms with Crippen molar-refractivity contribution in [3.8, 4) is 11.5 Å². The van der Waals surface area contributed by atoms with Gasteiger partial charge < -0.3 is 9.64 Å². The maximum Gasteiger partial charge on any atom is 0.131 e. The zero-order valence-corrected chi connectivity index (χ0v) is 13.0. The summed E-state index contributed by atoms with van der Waals surface area (Å²) in [4.78, 5) is 4.99. The van der Waals surface area contributed by atoms with Gasteiger partial charge in [0, 0.05) is 49.8 Å². The van der Waals surface area contributed by atoms with Crippen LogP contribution in [0.5, 0.6) is 11.5 Å². The number of likely N-dealkylation sites (N-methyl/N-ethyl adjacent to an activating group) is 1. The Morgan fingerprint density at radius 1 is 0.864 bits per heavy atom. The lowest BCUT2D eigenvalue weighted by molar-refractivity contribution is 0.149. The molecule has 0 spiro atoms. The predicted molar refractivity (Wildman–Crippen MR) is 88.7 cm³/mol. The van der Waals surface area contributed by atoms with E-state index in [1.807, 2.05) is 0 Å². The second-order valence-corrected chi connectivity index (χ2v) is 6.33. The van der Waals surface area contributed by atoms with Crippen molar-refractivity contribution in [2.45, 2.75) is 5.92 Å². The van der Waals surface area contributed by atoms with Crippen molar-refractivity contribution in [2.24, 2.45) is 0 Å². The third kappa shape index (κ3) is 2.51. The van der Waals surface area contributed by atoms with Crippen LogP contribution in [0.4, 0.5) is 0 Å². The fraction of sp³-hybridized carbons (Fsp3) is 0.368. The van der Waals surface area contributed by atoms with Gasteiger partial charge in [0.1, 0.15) is 11.5 Å². The van der Waals surface area contributed by atoms with Crippen LogP contribution in [0.2, 0.25) is 0 Å². The second kappa shape index (κ2) is 5.75. The molecular weight excluding hydrogens is 272 g/mol. The van der Waals surface area contributed by atoms with Gasteiger partial charge in [0.05, 0.1) is 0 Å². The number of piperazine rings is 1. The predicted octanol–water partition coefficient (Wildman–Crippen LogP) is 3.17. The fourth-order valence-electron chi connectivity index (χ4n) is 3.49. The van der Waals surface area contributed by atoms with Crippen molar-refractivity contribution in [1.82, 2.24) is 9.80 Å². The van der Waals surface area contributed by atoms with Crippen LogP contribution in [0.25, 0.3) is 0 Å². The molecule has 3 heteroatoms. The Bertz CT molecular complexity index is 616. The van der Waals surface area contributed by atoms with E-state index < -0.39 is 0 Å². The zero-order valence-electron chi connectivity index (χ0n) is 13.0. The number of ether oxygens (including phenoxy) is 1. The van der Waals surface area contributed by atoms with Gasteiger partial charge in [-0.15, -0.1) is 0 Å². The highest BCUT2D eigenvalue weighted by Crippen LogP contribution is 2.44. The van der Waals surface area contributed by atoms with E-state index in [9.17, 15) is 0 Å². The monoisotopic (exact) mass is 294 g/mol. The van der Waals surface area contributed by atoms with Crippen LogP contribution in [0.3, 0.4) is 0 Å². The van der Waals surface area contributed by atoms with E-state index in [-0.39, 0.29) is 0 Å². The molecule has 0 aromatic heterocycles. The summed E-state index contributed by atoms with van der Waals surface area (Å²) in [7, 11) is 2.20. The Morgan fingerprint density at radius 2 is 1.41 bits per heavy atom. The molecule has 0 saturated carbocycles. The molecule has 0 radical (unpaired) electrons. The zero-order chi connectivity index (χ0) is 14.9. The first-order valence-corrected chi connectivity index (χ1v) is 8.08. The van der Waals surface area contributed by atoms with Crippen LogP contribution < -0.4 is 4.74 Å². The summed E-state index contributed by atoms with van der Waals surface area (Å²) in [5.74, 6) is 2.44. The maximum atomic E-state index is 6.09. The van der Waals surface area contributed by atoms with Gasteiger partial charge in [-0.25, -0.2) is 0 Å². The minimum Gasteiger partial charge on any atom is -0.457 e. The highest BCUT2D eigenvalue weighted by atomic mass is 16.5. The number of fused-ring (bicyclic) bond motifs is 2. The Hall–Kier alpha value is -1.84. The molecule has 0 N–H and O–H groups in total. The molecule has 3 nitrogen and oxygen atoms in total. The number of rotatable bonds is 2. The van der Waals surface area contributed by atoms with Gasteiger partial charge in [0.2, 0.25) is 0 Å². The van der Waals surface area contributed by atoms with Gasteiger partial charge in [0.25, 0.3) is 0 Å². The lowest BCUT2D eigenvalue weighted by atomic mass is 9.87. The van der Waals surface area contributed by atoms with E-state index in [2.05, 4.69) is 65.4 Å². The first-order valence-electron chi connectivity index (χ1n) is 8.08. The van der Waals surface area contributed by atoms with E-state index in [0.29, 0.717) is 5.92 Å². The smallest absolute Gasteiger partial charge is 0.131 e. The summed E-state index contributed by atoms with van der Waals surface area (Å²) in [6.45, 7) is 5.70. The molecule has 4 rings (SSSR count). The van der Waals surface area contributed by atoms with Crippen molar-refractivity contribution in [1.29, 1.82) is 0 Å². The first-order chi connectivity index (χ1) is 10.8. The van der Waals surface area contributed by atoms with Crippen LogP contribution in [0.15, 0.2) is 48.5 Å². The molecule has 2 aliphatic heterocycles. The molecule has 2 aromatic carbocycles. The Labute approximate surface area is 132 Å². The third-order valence-electron chi connectivity index (χ3n) is 4.85. The number of para-hydroxylation sites is 2. The molecule has 0 bridgehead atoms. The Morgan fingerprint density at radius 3 is 2.00 bits per heavy atom.